The zero-order valence-electron chi connectivity index (χ0n) is 20.4. The fourth-order valence-corrected chi connectivity index (χ4v) is 4.36. The molecule has 3 N–H and O–H groups in total. The van der Waals surface area contributed by atoms with E-state index in [9.17, 15) is 54.7 Å². The highest BCUT2D eigenvalue weighted by atomic mass is 19.4. The smallest absolute Gasteiger partial charge is 0.356 e. The van der Waals surface area contributed by atoms with Crippen LogP contribution in [0.4, 0.5) is 36.4 Å². The normalized spacial score (nSPS) is 22.0. The number of carbonyl (C=O) groups excluding carboxylic acids is 5. The average molecular weight is 584 g/mol. The number of alkyl halides is 6. The van der Waals surface area contributed by atoms with Crippen LogP contribution in [0.1, 0.15) is 19.3 Å². The van der Waals surface area contributed by atoms with Crippen molar-refractivity contribution in [3.63, 3.8) is 0 Å². The van der Waals surface area contributed by atoms with Crippen molar-refractivity contribution < 1.29 is 59.4 Å². The molecule has 1 aromatic rings. The Bertz CT molecular complexity index is 1160. The lowest BCUT2D eigenvalue weighted by molar-refractivity contribution is -0.321. The zero-order valence-corrected chi connectivity index (χ0v) is 20.4. The first kappa shape index (κ1) is 30.8. The van der Waals surface area contributed by atoms with E-state index in [1.54, 1.807) is 0 Å². The van der Waals surface area contributed by atoms with Crippen LogP contribution in [0.3, 0.4) is 0 Å². The molecular weight excluding hydrogens is 561 g/mol. The van der Waals surface area contributed by atoms with E-state index in [1.807, 2.05) is 10.6 Å². The molecule has 2 heterocycles. The quantitative estimate of drug-likeness (QED) is 0.315. The Morgan fingerprint density at radius 3 is 2.35 bits per heavy atom. The Kier molecular flexibility index (Phi) is 9.37. The predicted octanol–water partition coefficient (Wildman–Crippen LogP) is 1.66. The van der Waals surface area contributed by atoms with Crippen LogP contribution < -0.4 is 16.0 Å². The molecule has 3 rings (SSSR count). The summed E-state index contributed by atoms with van der Waals surface area (Å²) in [6.45, 7) is -2.51. The first-order valence-electron chi connectivity index (χ1n) is 11.8. The fraction of sp³-hybridized carbons (Fsp3) is 0.522. The zero-order chi connectivity index (χ0) is 29.8. The van der Waals surface area contributed by atoms with Gasteiger partial charge in [0.2, 0.25) is 11.8 Å². The van der Waals surface area contributed by atoms with Crippen LogP contribution in [-0.2, 0) is 28.7 Å². The molecule has 2 fully saturated rings. The molecule has 2 saturated heterocycles. The summed E-state index contributed by atoms with van der Waals surface area (Å²) in [7, 11) is 0. The van der Waals surface area contributed by atoms with Crippen molar-refractivity contribution in [2.24, 2.45) is 11.8 Å². The summed E-state index contributed by atoms with van der Waals surface area (Å²) in [5, 5.41) is 6.37. The molecule has 4 amide bonds. The summed E-state index contributed by atoms with van der Waals surface area (Å²) in [5.74, 6) is -10.6. The number of rotatable bonds is 8. The lowest BCUT2D eigenvalue weighted by Crippen LogP contribution is -2.53. The predicted molar refractivity (Wildman–Crippen MR) is 119 cm³/mol. The van der Waals surface area contributed by atoms with Gasteiger partial charge in [0.25, 0.3) is 0 Å². The molecule has 1 aromatic carbocycles. The Morgan fingerprint density at radius 1 is 1.10 bits per heavy atom. The molecule has 2 aliphatic rings. The molecule has 40 heavy (non-hydrogen) atoms. The lowest BCUT2D eigenvalue weighted by Gasteiger charge is -2.26. The molecule has 17 heteroatoms. The number of nitrogens with one attached hydrogen (secondary N) is 3. The van der Waals surface area contributed by atoms with Gasteiger partial charge in [-0.3, -0.25) is 28.7 Å². The van der Waals surface area contributed by atoms with E-state index < -0.39 is 103 Å². The number of hydrogen-bond donors (Lipinski definition) is 3. The van der Waals surface area contributed by atoms with Gasteiger partial charge < -0.3 is 20.9 Å². The third kappa shape index (κ3) is 7.89. The number of nitrogens with zero attached hydrogens (tertiary/aromatic N) is 1. The highest BCUT2D eigenvalue weighted by Gasteiger charge is 2.52. The van der Waals surface area contributed by atoms with Crippen molar-refractivity contribution in [3.8, 4) is 0 Å². The van der Waals surface area contributed by atoms with E-state index in [-0.39, 0.29) is 13.0 Å². The first-order valence-corrected chi connectivity index (χ1v) is 11.8. The Morgan fingerprint density at radius 2 is 1.77 bits per heavy atom. The third-order valence-electron chi connectivity index (χ3n) is 6.41. The van der Waals surface area contributed by atoms with Gasteiger partial charge in [-0.1, -0.05) is 12.1 Å². The van der Waals surface area contributed by atoms with E-state index >= 15 is 0 Å². The number of hydrogen-bond acceptors (Lipinski definition) is 6. The molecule has 4 atom stereocenters. The second-order valence-corrected chi connectivity index (χ2v) is 9.16. The number of anilines is 1. The Labute approximate surface area is 221 Å². The summed E-state index contributed by atoms with van der Waals surface area (Å²) in [6, 6.07) is 0.828. The van der Waals surface area contributed by atoms with Crippen molar-refractivity contribution in [1.29, 1.82) is 0 Å². The number of halogens is 7. The molecule has 2 unspecified atom stereocenters. The van der Waals surface area contributed by atoms with Gasteiger partial charge in [-0.25, -0.2) is 4.39 Å². The average Bonchev–Trinajstić information content (AvgIpc) is 3.49. The molecule has 0 bridgehead atoms. The van der Waals surface area contributed by atoms with Crippen LogP contribution in [0.2, 0.25) is 0 Å². The van der Waals surface area contributed by atoms with Gasteiger partial charge in [-0.2, -0.15) is 13.2 Å². The molecular formula is C23H23F7N4O6. The summed E-state index contributed by atoms with van der Waals surface area (Å²) in [4.78, 5) is 63.0. The molecule has 0 aliphatic carbocycles. The summed E-state index contributed by atoms with van der Waals surface area (Å²) in [6.07, 6.45) is -11.5. The monoisotopic (exact) mass is 584 g/mol. The van der Waals surface area contributed by atoms with Crippen LogP contribution in [-0.4, -0.2) is 78.6 Å². The molecule has 0 spiro atoms. The molecule has 0 saturated carbocycles. The summed E-state index contributed by atoms with van der Waals surface area (Å²) in [5.41, 5.74) is -0.460. The van der Waals surface area contributed by atoms with Crippen LogP contribution in [0.15, 0.2) is 24.3 Å². The molecule has 0 aromatic heterocycles. The van der Waals surface area contributed by atoms with E-state index in [1.165, 1.54) is 12.1 Å². The van der Waals surface area contributed by atoms with E-state index in [0.29, 0.717) is 4.90 Å². The standard InChI is InChI=1S/C23H23F7N4O6/c24-13-3-1-2-4-14(13)32-20(38)21(39)34-9-12(22(25,26)27)8-16(34)19(37)33-15(7-11-5-6-31-18(11)36)17(35)10-40-23(28,29)30/h1-4,11-12,15-16H,5-10H2,(H,31,36)(H,32,38)(H,33,37)/t11?,12-,15?,16+/m1/s1. The van der Waals surface area contributed by atoms with Gasteiger partial charge in [-0.05, 0) is 31.4 Å². The SMILES string of the molecule is O=C(Nc1ccccc1F)C(=O)N1C[C@H](C(F)(F)F)C[C@H]1C(=O)NC(CC1CCNC1=O)C(=O)COC(F)(F)F. The van der Waals surface area contributed by atoms with E-state index in [2.05, 4.69) is 10.1 Å². The van der Waals surface area contributed by atoms with Crippen LogP contribution in [0.25, 0.3) is 0 Å². The Hall–Kier alpha value is -3.76. The third-order valence-corrected chi connectivity index (χ3v) is 6.41. The number of ether oxygens (including phenoxy) is 1. The maximum Gasteiger partial charge on any atom is 0.522 e. The second-order valence-electron chi connectivity index (χ2n) is 9.16. The number of likely N-dealkylation sites (tertiary alicyclic amines) is 1. The van der Waals surface area contributed by atoms with Gasteiger partial charge >= 0.3 is 24.4 Å². The number of amides is 4. The van der Waals surface area contributed by atoms with Crippen molar-refractivity contribution in [3.05, 3.63) is 30.1 Å². The number of carbonyl (C=O) groups is 5. The highest BCUT2D eigenvalue weighted by Crippen LogP contribution is 2.37. The van der Waals surface area contributed by atoms with Crippen molar-refractivity contribution in [2.75, 3.05) is 25.0 Å². The van der Waals surface area contributed by atoms with Crippen LogP contribution >= 0.6 is 0 Å². The van der Waals surface area contributed by atoms with E-state index in [4.69, 9.17) is 0 Å². The maximum atomic E-state index is 13.9. The highest BCUT2D eigenvalue weighted by molar-refractivity contribution is 6.40. The largest absolute Gasteiger partial charge is 0.522 e. The van der Waals surface area contributed by atoms with Gasteiger partial charge in [0.1, 0.15) is 18.5 Å². The van der Waals surface area contributed by atoms with Crippen LogP contribution in [0, 0.1) is 17.7 Å². The Balaban J connectivity index is 1.81. The molecule has 2 aliphatic heterocycles. The summed E-state index contributed by atoms with van der Waals surface area (Å²) < 4.78 is 95.3. The number of Topliss-reactive ketones (excluding diaryl/α,β-unsaturated/α-hetero) is 1. The fourth-order valence-electron chi connectivity index (χ4n) is 4.36. The van der Waals surface area contributed by atoms with Gasteiger partial charge in [0, 0.05) is 19.0 Å². The summed E-state index contributed by atoms with van der Waals surface area (Å²) >= 11 is 0. The van der Waals surface area contributed by atoms with Gasteiger partial charge in [-0.15, -0.1) is 13.2 Å². The van der Waals surface area contributed by atoms with Crippen LogP contribution in [0.5, 0.6) is 0 Å². The minimum Gasteiger partial charge on any atom is -0.356 e. The first-order chi connectivity index (χ1) is 18.6. The van der Waals surface area contributed by atoms with Crippen molar-refractivity contribution in [2.45, 2.75) is 43.9 Å². The minimum atomic E-state index is -5.21. The number of para-hydroxylation sites is 1. The van der Waals surface area contributed by atoms with E-state index in [0.717, 1.165) is 12.1 Å². The maximum absolute atomic E-state index is 13.9. The van der Waals surface area contributed by atoms with Gasteiger partial charge in [0.15, 0.2) is 5.78 Å². The number of ketones is 1. The number of benzene rings is 1. The van der Waals surface area contributed by atoms with Crippen molar-refractivity contribution >= 4 is 35.1 Å². The second kappa shape index (κ2) is 12.2. The molecule has 220 valence electrons. The molecule has 10 nitrogen and oxygen atoms in total. The topological polar surface area (TPSA) is 134 Å². The lowest BCUT2D eigenvalue weighted by atomic mass is 9.95. The van der Waals surface area contributed by atoms with Crippen molar-refractivity contribution in [1.82, 2.24) is 15.5 Å². The molecule has 0 radical (unpaired) electrons. The van der Waals surface area contributed by atoms with Gasteiger partial charge in [0.05, 0.1) is 17.6 Å². The minimum absolute atomic E-state index is 0.166.